The molecule has 120 heavy (non-hydrogen) atoms. The molecule has 0 aliphatic carbocycles. The molecule has 4 nitrogen and oxygen atoms in total. The summed E-state index contributed by atoms with van der Waals surface area (Å²) in [6.45, 7) is 19.7. The molecule has 576 valence electrons. The Labute approximate surface area is 708 Å². The Morgan fingerprint density at radius 2 is 0.508 bits per heavy atom. The Hall–Kier alpha value is -14.0. The molecule has 0 bridgehead atoms. The van der Waals surface area contributed by atoms with Crippen LogP contribution in [0.3, 0.4) is 0 Å². The number of benzene rings is 17. The molecule has 0 amide bonds. The van der Waals surface area contributed by atoms with Crippen molar-refractivity contribution in [2.45, 2.75) is 79.5 Å². The number of rotatable bonds is 13. The van der Waals surface area contributed by atoms with E-state index < -0.39 is 18.5 Å². The molecule has 0 radical (unpaired) electrons. The summed E-state index contributed by atoms with van der Waals surface area (Å²) in [6.07, 6.45) is -1.93. The molecule has 4 heterocycles. The molecule has 5 heteroatoms. The van der Waals surface area contributed by atoms with Crippen LogP contribution in [0.4, 0.5) is 34.1 Å². The molecule has 0 saturated carbocycles. The summed E-state index contributed by atoms with van der Waals surface area (Å²) >= 11 is 0. The quantitative estimate of drug-likeness (QED) is 0.107. The van der Waals surface area contributed by atoms with Gasteiger partial charge in [-0.2, -0.15) is 0 Å². The highest BCUT2D eigenvalue weighted by Crippen LogP contribution is 2.56. The van der Waals surface area contributed by atoms with Crippen molar-refractivity contribution in [1.82, 2.24) is 9.13 Å². The second-order valence-electron chi connectivity index (χ2n) is 35.8. The van der Waals surface area contributed by atoms with Gasteiger partial charge in [0.25, 0.3) is 6.71 Å². The molecule has 2 aliphatic rings. The highest BCUT2D eigenvalue weighted by atomic mass is 15.2. The van der Waals surface area contributed by atoms with Crippen LogP contribution in [0.1, 0.15) is 81.7 Å². The van der Waals surface area contributed by atoms with E-state index in [1.165, 1.54) is 11.1 Å². The van der Waals surface area contributed by atoms with E-state index in [0.29, 0.717) is 5.56 Å². The van der Waals surface area contributed by atoms with Gasteiger partial charge in [-0.1, -0.05) is 341 Å². The molecular formula is C115H93BN4. The van der Waals surface area contributed by atoms with Crippen LogP contribution >= 0.6 is 0 Å². The zero-order valence-corrected chi connectivity index (χ0v) is 69.3. The van der Waals surface area contributed by atoms with E-state index in [2.05, 4.69) is 469 Å². The molecule has 0 N–H and O–H groups in total. The van der Waals surface area contributed by atoms with E-state index >= 15 is 0 Å². The van der Waals surface area contributed by atoms with Crippen LogP contribution < -0.4 is 26.2 Å². The second kappa shape index (κ2) is 29.0. The third-order valence-corrected chi connectivity index (χ3v) is 24.8. The number of hydrogen-bond donors (Lipinski definition) is 0. The summed E-state index contributed by atoms with van der Waals surface area (Å²) in [5, 5.41) is 4.62. The molecule has 0 fully saturated rings. The first-order chi connectivity index (χ1) is 59.2. The number of fused-ring (bicyclic) bond motifs is 10. The van der Waals surface area contributed by atoms with Crippen molar-refractivity contribution in [3.8, 4) is 100 Å². The molecule has 19 aromatic rings. The van der Waals surface area contributed by atoms with Crippen molar-refractivity contribution in [1.29, 1.82) is 0 Å². The fraction of sp³-hybridized carbons (Fsp3) is 0.113. The van der Waals surface area contributed by atoms with Crippen molar-refractivity contribution in [2.24, 2.45) is 5.41 Å². The summed E-state index contributed by atoms with van der Waals surface area (Å²) in [7, 11) is 0. The number of aromatic nitrogens is 2. The van der Waals surface area contributed by atoms with E-state index in [4.69, 9.17) is 0 Å². The molecule has 17 aromatic carbocycles. The van der Waals surface area contributed by atoms with Crippen molar-refractivity contribution >= 4 is 101 Å². The van der Waals surface area contributed by atoms with Crippen molar-refractivity contribution in [3.05, 3.63) is 405 Å². The van der Waals surface area contributed by atoms with Crippen LogP contribution in [-0.2, 0) is 17.2 Å². The maximum atomic E-state index is 11.1. The van der Waals surface area contributed by atoms with Gasteiger partial charge in [0.1, 0.15) is 0 Å². The third kappa shape index (κ3) is 12.9. The van der Waals surface area contributed by atoms with Crippen molar-refractivity contribution in [2.75, 3.05) is 9.80 Å². The van der Waals surface area contributed by atoms with Gasteiger partial charge < -0.3 is 18.9 Å². The average molecular weight is 1540 g/mol. The normalized spacial score (nSPS) is 13.1. The predicted molar refractivity (Wildman–Crippen MR) is 513 cm³/mol. The van der Waals surface area contributed by atoms with E-state index in [0.717, 1.165) is 195 Å². The molecular weight excluding hydrogens is 1450 g/mol. The van der Waals surface area contributed by atoms with Gasteiger partial charge in [0.2, 0.25) is 0 Å². The number of nitrogens with zero attached hydrogens (tertiary/aromatic N) is 4. The molecule has 0 atom stereocenters. The highest BCUT2D eigenvalue weighted by Gasteiger charge is 2.47. The van der Waals surface area contributed by atoms with Crippen LogP contribution in [0.25, 0.3) is 144 Å². The lowest BCUT2D eigenvalue weighted by atomic mass is 9.33. The topological polar surface area (TPSA) is 16.3 Å². The lowest BCUT2D eigenvalue weighted by Gasteiger charge is -2.46. The van der Waals surface area contributed by atoms with Gasteiger partial charge in [-0.25, -0.2) is 0 Å². The summed E-state index contributed by atoms with van der Waals surface area (Å²) < 4.78 is 27.1. The van der Waals surface area contributed by atoms with Crippen LogP contribution in [0.15, 0.2) is 388 Å². The molecule has 2 aromatic heterocycles. The Morgan fingerprint density at radius 3 is 0.758 bits per heavy atom. The van der Waals surface area contributed by atoms with Gasteiger partial charge in [0, 0.05) is 80.7 Å². The predicted octanol–water partition coefficient (Wildman–Crippen LogP) is 29.5. The summed E-state index contributed by atoms with van der Waals surface area (Å²) in [5.41, 5.74) is 34.7. The van der Waals surface area contributed by atoms with Crippen LogP contribution in [-0.4, -0.2) is 15.8 Å². The number of anilines is 6. The Bertz CT molecular complexity index is 6570. The van der Waals surface area contributed by atoms with E-state index in [-0.39, 0.29) is 10.8 Å². The van der Waals surface area contributed by atoms with Crippen molar-refractivity contribution in [3.63, 3.8) is 0 Å². The van der Waals surface area contributed by atoms with Gasteiger partial charge in [-0.05, 0) is 232 Å². The van der Waals surface area contributed by atoms with Gasteiger partial charge in [-0.3, -0.25) is 0 Å². The minimum absolute atomic E-state index is 0.281. The molecule has 2 aliphatic heterocycles. The lowest BCUT2D eigenvalue weighted by molar-refractivity contribution is 0.411. The maximum absolute atomic E-state index is 11.1. The van der Waals surface area contributed by atoms with E-state index in [9.17, 15) is 2.74 Å². The fourth-order valence-electron chi connectivity index (χ4n) is 19.0. The smallest absolute Gasteiger partial charge is 0.252 e. The summed E-state index contributed by atoms with van der Waals surface area (Å²) in [6, 6.07) is 144. The molecule has 0 saturated heterocycles. The summed E-state index contributed by atoms with van der Waals surface area (Å²) in [4.78, 5) is 5.20. The third-order valence-electron chi connectivity index (χ3n) is 24.8. The minimum Gasteiger partial charge on any atom is -0.310 e. The minimum atomic E-state index is -1.93. The fourth-order valence-corrected chi connectivity index (χ4v) is 19.0. The average Bonchev–Trinajstić information content (AvgIpc) is 0.750. The highest BCUT2D eigenvalue weighted by molar-refractivity contribution is 7.00. The zero-order chi connectivity index (χ0) is 83.1. The Kier molecular flexibility index (Phi) is 17.2. The maximum Gasteiger partial charge on any atom is 0.252 e. The van der Waals surface area contributed by atoms with Gasteiger partial charge in [0.05, 0.1) is 33.4 Å². The Morgan fingerprint density at radius 1 is 0.250 bits per heavy atom. The molecule has 21 rings (SSSR count). The van der Waals surface area contributed by atoms with Gasteiger partial charge >= 0.3 is 0 Å². The van der Waals surface area contributed by atoms with Crippen molar-refractivity contribution < 1.29 is 2.74 Å². The largest absolute Gasteiger partial charge is 0.310 e. The van der Waals surface area contributed by atoms with E-state index in [1.807, 2.05) is 0 Å². The summed E-state index contributed by atoms with van der Waals surface area (Å²) in [5.74, 6) is 0. The SMILES string of the molecule is [2H]C([2H])(c1cc2c3c(c1)N(c1c(-c4ccccc4)cc(C(C)(C)C)cc1-c1ccccc1)c1cc(-n4c5ccc(-c6ccccc6)cc5c5cc(-c6ccccc6)ccc54)ccc1B3c1ccc(-n3c4ccc(-c5ccccc5)cc4c4cc(-c5ccccc5)ccc43)cc1N2c1c(-c2ccccc2)cc(C(C)(C)C)cc1-c1ccccc1)C(C)(C)C. The first-order valence-corrected chi connectivity index (χ1v) is 42.2. The van der Waals surface area contributed by atoms with Crippen LogP contribution in [0.5, 0.6) is 0 Å². The van der Waals surface area contributed by atoms with Crippen LogP contribution in [0.2, 0.25) is 0 Å². The first-order valence-electron chi connectivity index (χ1n) is 43.2. The van der Waals surface area contributed by atoms with Gasteiger partial charge in [0.15, 0.2) is 0 Å². The lowest BCUT2D eigenvalue weighted by Crippen LogP contribution is -2.61. The van der Waals surface area contributed by atoms with E-state index in [1.54, 1.807) is 0 Å². The second-order valence-corrected chi connectivity index (χ2v) is 35.8. The molecule has 0 unspecified atom stereocenters. The Balaban J connectivity index is 0.933. The standard InChI is InChI=1S/C115H93BN4/c1-113(2,3)74-75-62-108-110-109(63-75)120(112-94(82-46-30-16-31-47-82)70-89(115(7,8)9)71-95(112)83-48-32-17-33-49-83)107-73-91(118-104-60-52-86(78-38-22-12-23-39-78)66-98(104)99-67-87(53-61-105(99)118)79-40-24-13-25-41-79)55-57-101(107)116(110)100-56-54-90(72-106(100)119(108)111-92(80-42-26-14-27-43-80)68-88(114(4,5)6)69-93(111)81-44-28-15-29-45-81)117-102-58-50-84(76-34-18-10-19-35-76)64-96(102)97-65-85(51-59-103(97)117)77-36-20-11-21-37-77/h10-73H,74H2,1-9H3/i74D2. The first kappa shape index (κ1) is 71.3. The monoisotopic (exact) mass is 1540 g/mol. The van der Waals surface area contributed by atoms with Gasteiger partial charge in [-0.15, -0.1) is 0 Å². The molecule has 0 spiro atoms. The van der Waals surface area contributed by atoms with Crippen LogP contribution in [0, 0.1) is 5.41 Å². The number of hydrogen-bond acceptors (Lipinski definition) is 2. The zero-order valence-electron chi connectivity index (χ0n) is 71.3.